The molecule has 4 heteroatoms. The Kier molecular flexibility index (Phi) is 6.66. The average Bonchev–Trinajstić information content (AvgIpc) is 2.55. The summed E-state index contributed by atoms with van der Waals surface area (Å²) < 4.78 is 1.06. The molecular formula is C19H23BrN2O. The Morgan fingerprint density at radius 2 is 1.70 bits per heavy atom. The molecule has 122 valence electrons. The van der Waals surface area contributed by atoms with Crippen LogP contribution in [0, 0.1) is 0 Å². The second kappa shape index (κ2) is 8.73. The summed E-state index contributed by atoms with van der Waals surface area (Å²) in [5.41, 5.74) is 4.50. The van der Waals surface area contributed by atoms with Gasteiger partial charge in [0.25, 0.3) is 0 Å². The number of halogens is 1. The lowest BCUT2D eigenvalue weighted by Gasteiger charge is -2.15. The van der Waals surface area contributed by atoms with Crippen LogP contribution in [0.15, 0.2) is 46.9 Å². The number of benzene rings is 2. The summed E-state index contributed by atoms with van der Waals surface area (Å²) in [7, 11) is 0. The van der Waals surface area contributed by atoms with Crippen molar-refractivity contribution in [1.82, 2.24) is 5.32 Å². The number of nitrogens with one attached hydrogen (secondary N) is 2. The molecule has 3 nitrogen and oxygen atoms in total. The molecule has 2 rings (SSSR count). The van der Waals surface area contributed by atoms with E-state index in [1.807, 2.05) is 18.2 Å². The molecule has 0 radical (unpaired) electrons. The SMILES string of the molecule is CCc1cccc(CC)c1NC(=O)NCCc1cccc(Br)c1. The molecule has 0 aliphatic rings. The number of para-hydroxylation sites is 1. The van der Waals surface area contributed by atoms with E-state index in [9.17, 15) is 4.79 Å². The fourth-order valence-electron chi connectivity index (χ4n) is 2.57. The molecule has 0 atom stereocenters. The number of carbonyl (C=O) groups excluding carboxylic acids is 1. The van der Waals surface area contributed by atoms with Crippen molar-refractivity contribution in [2.45, 2.75) is 33.1 Å². The molecule has 0 aliphatic carbocycles. The number of hydrogen-bond donors (Lipinski definition) is 2. The third-order valence-corrected chi connectivity index (χ3v) is 4.32. The Bertz CT molecular complexity index is 648. The van der Waals surface area contributed by atoms with Crippen molar-refractivity contribution in [1.29, 1.82) is 0 Å². The molecule has 2 aromatic rings. The maximum absolute atomic E-state index is 12.2. The van der Waals surface area contributed by atoms with E-state index in [0.717, 1.165) is 29.4 Å². The zero-order valence-electron chi connectivity index (χ0n) is 13.7. The smallest absolute Gasteiger partial charge is 0.319 e. The highest BCUT2D eigenvalue weighted by Crippen LogP contribution is 2.22. The maximum Gasteiger partial charge on any atom is 0.319 e. The third-order valence-electron chi connectivity index (χ3n) is 3.83. The molecule has 0 aliphatic heterocycles. The number of aryl methyl sites for hydroxylation is 2. The van der Waals surface area contributed by atoms with E-state index >= 15 is 0 Å². The van der Waals surface area contributed by atoms with Crippen LogP contribution in [0.5, 0.6) is 0 Å². The standard InChI is InChI=1S/C19H23BrN2O/c1-3-15-8-6-9-16(4-2)18(15)22-19(23)21-12-11-14-7-5-10-17(20)13-14/h5-10,13H,3-4,11-12H2,1-2H3,(H2,21,22,23). The van der Waals surface area contributed by atoms with E-state index in [2.05, 4.69) is 64.7 Å². The largest absolute Gasteiger partial charge is 0.338 e. The van der Waals surface area contributed by atoms with Gasteiger partial charge in [0.05, 0.1) is 0 Å². The Hall–Kier alpha value is -1.81. The molecule has 0 fully saturated rings. The van der Waals surface area contributed by atoms with E-state index in [0.29, 0.717) is 6.54 Å². The van der Waals surface area contributed by atoms with Gasteiger partial charge in [-0.05, 0) is 48.1 Å². The Labute approximate surface area is 146 Å². The average molecular weight is 375 g/mol. The first-order valence-corrected chi connectivity index (χ1v) is 8.83. The fourth-order valence-corrected chi connectivity index (χ4v) is 3.02. The van der Waals surface area contributed by atoms with E-state index in [1.165, 1.54) is 16.7 Å². The Morgan fingerprint density at radius 3 is 2.30 bits per heavy atom. The molecule has 0 saturated carbocycles. The number of anilines is 1. The Morgan fingerprint density at radius 1 is 1.04 bits per heavy atom. The van der Waals surface area contributed by atoms with Crippen LogP contribution in [0.1, 0.15) is 30.5 Å². The quantitative estimate of drug-likeness (QED) is 0.738. The fraction of sp³-hybridized carbons (Fsp3) is 0.316. The van der Waals surface area contributed by atoms with E-state index in [-0.39, 0.29) is 6.03 Å². The van der Waals surface area contributed by atoms with Gasteiger partial charge in [-0.2, -0.15) is 0 Å². The lowest BCUT2D eigenvalue weighted by atomic mass is 10.0. The van der Waals surface area contributed by atoms with Gasteiger partial charge in [-0.15, -0.1) is 0 Å². The zero-order valence-corrected chi connectivity index (χ0v) is 15.2. The van der Waals surface area contributed by atoms with Crippen LogP contribution in [0.4, 0.5) is 10.5 Å². The number of rotatable bonds is 6. The van der Waals surface area contributed by atoms with Gasteiger partial charge < -0.3 is 10.6 Å². The highest BCUT2D eigenvalue weighted by Gasteiger charge is 2.09. The topological polar surface area (TPSA) is 41.1 Å². The van der Waals surface area contributed by atoms with Crippen molar-refractivity contribution in [2.24, 2.45) is 0 Å². The summed E-state index contributed by atoms with van der Waals surface area (Å²) in [6.45, 7) is 4.81. The van der Waals surface area contributed by atoms with Crippen LogP contribution in [-0.2, 0) is 19.3 Å². The summed E-state index contributed by atoms with van der Waals surface area (Å²) in [5.74, 6) is 0. The van der Waals surface area contributed by atoms with Gasteiger partial charge in [-0.1, -0.05) is 60.1 Å². The minimum atomic E-state index is -0.143. The van der Waals surface area contributed by atoms with Gasteiger partial charge in [0.15, 0.2) is 0 Å². The monoisotopic (exact) mass is 374 g/mol. The van der Waals surface area contributed by atoms with Crippen LogP contribution < -0.4 is 10.6 Å². The van der Waals surface area contributed by atoms with Crippen LogP contribution >= 0.6 is 15.9 Å². The van der Waals surface area contributed by atoms with Gasteiger partial charge in [0, 0.05) is 16.7 Å². The number of carbonyl (C=O) groups is 1. The molecule has 23 heavy (non-hydrogen) atoms. The minimum absolute atomic E-state index is 0.143. The van der Waals surface area contributed by atoms with Crippen LogP contribution in [-0.4, -0.2) is 12.6 Å². The molecule has 0 unspecified atom stereocenters. The molecule has 0 bridgehead atoms. The second-order valence-electron chi connectivity index (χ2n) is 5.42. The lowest BCUT2D eigenvalue weighted by Crippen LogP contribution is -2.31. The number of urea groups is 1. The highest BCUT2D eigenvalue weighted by molar-refractivity contribution is 9.10. The summed E-state index contributed by atoms with van der Waals surface area (Å²) in [6, 6.07) is 14.2. The van der Waals surface area contributed by atoms with Gasteiger partial charge in [-0.3, -0.25) is 0 Å². The first-order chi connectivity index (χ1) is 11.1. The first-order valence-electron chi connectivity index (χ1n) is 8.04. The van der Waals surface area contributed by atoms with Crippen molar-refractivity contribution >= 4 is 27.6 Å². The summed E-state index contributed by atoms with van der Waals surface area (Å²) >= 11 is 3.46. The van der Waals surface area contributed by atoms with Gasteiger partial charge in [0.1, 0.15) is 0 Å². The summed E-state index contributed by atoms with van der Waals surface area (Å²) in [6.07, 6.45) is 2.62. The van der Waals surface area contributed by atoms with Gasteiger partial charge in [-0.25, -0.2) is 4.79 Å². The van der Waals surface area contributed by atoms with Crippen LogP contribution in [0.3, 0.4) is 0 Å². The first kappa shape index (κ1) is 17.5. The third kappa shape index (κ3) is 5.10. The minimum Gasteiger partial charge on any atom is -0.338 e. The lowest BCUT2D eigenvalue weighted by molar-refractivity contribution is 0.252. The molecule has 0 spiro atoms. The Balaban J connectivity index is 1.92. The molecule has 2 aromatic carbocycles. The van der Waals surface area contributed by atoms with E-state index in [1.54, 1.807) is 0 Å². The van der Waals surface area contributed by atoms with Crippen LogP contribution in [0.25, 0.3) is 0 Å². The normalized spacial score (nSPS) is 10.4. The molecule has 0 aromatic heterocycles. The van der Waals surface area contributed by atoms with Crippen LogP contribution in [0.2, 0.25) is 0 Å². The predicted octanol–water partition coefficient (Wildman–Crippen LogP) is 4.94. The molecular weight excluding hydrogens is 352 g/mol. The molecule has 2 amide bonds. The van der Waals surface area contributed by atoms with Gasteiger partial charge >= 0.3 is 6.03 Å². The van der Waals surface area contributed by atoms with Crippen molar-refractivity contribution in [3.8, 4) is 0 Å². The van der Waals surface area contributed by atoms with Crippen molar-refractivity contribution < 1.29 is 4.79 Å². The zero-order chi connectivity index (χ0) is 16.7. The molecule has 2 N–H and O–H groups in total. The maximum atomic E-state index is 12.2. The van der Waals surface area contributed by atoms with E-state index in [4.69, 9.17) is 0 Å². The summed E-state index contributed by atoms with van der Waals surface area (Å²) in [5, 5.41) is 5.96. The number of amides is 2. The van der Waals surface area contributed by atoms with Gasteiger partial charge in [0.2, 0.25) is 0 Å². The summed E-state index contributed by atoms with van der Waals surface area (Å²) in [4.78, 5) is 12.2. The van der Waals surface area contributed by atoms with Crippen molar-refractivity contribution in [3.05, 3.63) is 63.6 Å². The molecule has 0 heterocycles. The molecule has 0 saturated heterocycles. The highest BCUT2D eigenvalue weighted by atomic mass is 79.9. The van der Waals surface area contributed by atoms with E-state index < -0.39 is 0 Å². The predicted molar refractivity (Wildman–Crippen MR) is 100 cm³/mol. The number of hydrogen-bond acceptors (Lipinski definition) is 1. The van der Waals surface area contributed by atoms with Crippen molar-refractivity contribution in [3.63, 3.8) is 0 Å². The van der Waals surface area contributed by atoms with Crippen molar-refractivity contribution in [2.75, 3.05) is 11.9 Å². The second-order valence-corrected chi connectivity index (χ2v) is 6.33.